The number of hydrogen-bond acceptors (Lipinski definition) is 3. The van der Waals surface area contributed by atoms with E-state index in [2.05, 4.69) is 17.1 Å². The van der Waals surface area contributed by atoms with Crippen LogP contribution in [0.25, 0.3) is 0 Å². The Morgan fingerprint density at radius 1 is 1.24 bits per heavy atom. The highest BCUT2D eigenvalue weighted by molar-refractivity contribution is 5.06. The Bertz CT molecular complexity index is 376. The summed E-state index contributed by atoms with van der Waals surface area (Å²) in [7, 11) is 0. The van der Waals surface area contributed by atoms with Crippen LogP contribution >= 0.6 is 0 Å². The lowest BCUT2D eigenvalue weighted by Crippen LogP contribution is -2.21. The first-order valence-electron chi connectivity index (χ1n) is 6.85. The summed E-state index contributed by atoms with van der Waals surface area (Å²) < 4.78 is 5.78. The van der Waals surface area contributed by atoms with E-state index < -0.39 is 0 Å². The molecule has 0 bridgehead atoms. The maximum atomic E-state index is 5.78. The van der Waals surface area contributed by atoms with Gasteiger partial charge in [-0.1, -0.05) is 19.3 Å². The summed E-state index contributed by atoms with van der Waals surface area (Å²) in [4.78, 5) is 4.70. The van der Waals surface area contributed by atoms with Crippen LogP contribution in [0.3, 0.4) is 0 Å². The van der Waals surface area contributed by atoms with Gasteiger partial charge in [0.2, 0.25) is 0 Å². The molecule has 1 aromatic heterocycles. The van der Waals surface area contributed by atoms with E-state index in [1.807, 2.05) is 0 Å². The molecular formula is C13H21N3O. The Morgan fingerprint density at radius 2 is 2.06 bits per heavy atom. The number of aromatic nitrogens is 3. The Hall–Kier alpha value is -0.900. The van der Waals surface area contributed by atoms with Crippen LogP contribution in [0, 0.1) is 0 Å². The normalized spacial score (nSPS) is 30.9. The summed E-state index contributed by atoms with van der Waals surface area (Å²) >= 11 is 0. The van der Waals surface area contributed by atoms with Crippen molar-refractivity contribution in [3.8, 4) is 0 Å². The van der Waals surface area contributed by atoms with Gasteiger partial charge in [-0.15, -0.1) is 0 Å². The van der Waals surface area contributed by atoms with Crippen LogP contribution in [0.5, 0.6) is 0 Å². The lowest BCUT2D eigenvalue weighted by Gasteiger charge is -2.20. The zero-order valence-corrected chi connectivity index (χ0v) is 10.5. The van der Waals surface area contributed by atoms with E-state index in [1.54, 1.807) is 0 Å². The Morgan fingerprint density at radius 3 is 2.76 bits per heavy atom. The molecule has 1 unspecified atom stereocenters. The van der Waals surface area contributed by atoms with Crippen LogP contribution < -0.4 is 0 Å². The van der Waals surface area contributed by atoms with Crippen molar-refractivity contribution in [1.82, 2.24) is 15.2 Å². The Balaban J connectivity index is 1.77. The van der Waals surface area contributed by atoms with E-state index in [1.165, 1.54) is 32.1 Å². The van der Waals surface area contributed by atoms with Crippen molar-refractivity contribution >= 4 is 0 Å². The minimum absolute atomic E-state index is 0.247. The molecule has 2 fully saturated rings. The van der Waals surface area contributed by atoms with E-state index in [0.717, 1.165) is 31.1 Å². The fourth-order valence-corrected chi connectivity index (χ4v) is 3.02. The molecule has 1 saturated carbocycles. The van der Waals surface area contributed by atoms with Gasteiger partial charge in [0.15, 0.2) is 5.82 Å². The summed E-state index contributed by atoms with van der Waals surface area (Å²) in [5.41, 5.74) is -0.247. The molecule has 1 aliphatic heterocycles. The highest BCUT2D eigenvalue weighted by Gasteiger charge is 2.36. The topological polar surface area (TPSA) is 50.8 Å². The summed E-state index contributed by atoms with van der Waals surface area (Å²) in [6.07, 6.45) is 8.69. The van der Waals surface area contributed by atoms with Gasteiger partial charge in [0.1, 0.15) is 11.4 Å². The molecule has 0 aromatic carbocycles. The van der Waals surface area contributed by atoms with Crippen LogP contribution in [0.2, 0.25) is 0 Å². The third-order valence-electron chi connectivity index (χ3n) is 4.19. The average molecular weight is 235 g/mol. The van der Waals surface area contributed by atoms with Crippen LogP contribution in [0.4, 0.5) is 0 Å². The molecule has 0 amide bonds. The van der Waals surface area contributed by atoms with Gasteiger partial charge in [-0.05, 0) is 32.6 Å². The second-order valence-electron chi connectivity index (χ2n) is 5.56. The quantitative estimate of drug-likeness (QED) is 0.857. The smallest absolute Gasteiger partial charge is 0.182 e. The summed E-state index contributed by atoms with van der Waals surface area (Å²) in [5.74, 6) is 2.53. The van der Waals surface area contributed by atoms with Crippen LogP contribution in [0.15, 0.2) is 0 Å². The van der Waals surface area contributed by atoms with Gasteiger partial charge in [-0.2, -0.15) is 5.10 Å². The van der Waals surface area contributed by atoms with E-state index >= 15 is 0 Å². The van der Waals surface area contributed by atoms with E-state index in [-0.39, 0.29) is 5.60 Å². The van der Waals surface area contributed by atoms with Gasteiger partial charge in [0.05, 0.1) is 0 Å². The molecule has 4 nitrogen and oxygen atoms in total. The molecule has 17 heavy (non-hydrogen) atoms. The van der Waals surface area contributed by atoms with Crippen LogP contribution in [-0.4, -0.2) is 21.8 Å². The summed E-state index contributed by atoms with van der Waals surface area (Å²) in [6.45, 7) is 2.94. The van der Waals surface area contributed by atoms with Gasteiger partial charge in [0, 0.05) is 12.5 Å². The minimum Gasteiger partial charge on any atom is -0.367 e. The molecule has 94 valence electrons. The maximum absolute atomic E-state index is 5.78. The number of nitrogens with zero attached hydrogens (tertiary/aromatic N) is 2. The highest BCUT2D eigenvalue weighted by atomic mass is 16.5. The molecule has 3 rings (SSSR count). The van der Waals surface area contributed by atoms with Gasteiger partial charge < -0.3 is 4.74 Å². The van der Waals surface area contributed by atoms with Gasteiger partial charge in [0.25, 0.3) is 0 Å². The Kier molecular flexibility index (Phi) is 2.90. The third-order valence-corrected chi connectivity index (χ3v) is 4.19. The Labute approximate surface area is 102 Å². The lowest BCUT2D eigenvalue weighted by molar-refractivity contribution is 0.00956. The fraction of sp³-hybridized carbons (Fsp3) is 0.846. The number of aromatic amines is 1. The first kappa shape index (κ1) is 11.2. The minimum atomic E-state index is -0.247. The second kappa shape index (κ2) is 4.41. The molecule has 0 radical (unpaired) electrons. The van der Waals surface area contributed by atoms with E-state index in [9.17, 15) is 0 Å². The van der Waals surface area contributed by atoms with Gasteiger partial charge >= 0.3 is 0 Å². The molecular weight excluding hydrogens is 214 g/mol. The van der Waals surface area contributed by atoms with Crippen molar-refractivity contribution in [2.24, 2.45) is 0 Å². The predicted octanol–water partition coefficient (Wildman–Crippen LogP) is 2.88. The van der Waals surface area contributed by atoms with Gasteiger partial charge in [-0.25, -0.2) is 4.98 Å². The number of ether oxygens (including phenoxy) is 1. The molecule has 2 aliphatic rings. The first-order valence-corrected chi connectivity index (χ1v) is 6.85. The molecule has 0 spiro atoms. The average Bonchev–Trinajstić information content (AvgIpc) is 2.99. The van der Waals surface area contributed by atoms with E-state index in [0.29, 0.717) is 5.92 Å². The molecule has 1 aromatic rings. The zero-order chi connectivity index (χ0) is 11.7. The van der Waals surface area contributed by atoms with Crippen molar-refractivity contribution < 1.29 is 4.74 Å². The lowest BCUT2D eigenvalue weighted by atomic mass is 9.89. The van der Waals surface area contributed by atoms with Gasteiger partial charge in [-0.3, -0.25) is 5.10 Å². The second-order valence-corrected chi connectivity index (χ2v) is 5.56. The number of nitrogens with one attached hydrogen (secondary N) is 1. The van der Waals surface area contributed by atoms with Crippen LogP contribution in [0.1, 0.15) is 69.4 Å². The number of hydrogen-bond donors (Lipinski definition) is 1. The molecule has 1 saturated heterocycles. The maximum Gasteiger partial charge on any atom is 0.182 e. The molecule has 1 N–H and O–H groups in total. The molecule has 2 heterocycles. The van der Waals surface area contributed by atoms with Crippen molar-refractivity contribution in [2.45, 2.75) is 63.4 Å². The van der Waals surface area contributed by atoms with E-state index in [4.69, 9.17) is 9.72 Å². The number of H-pyrrole nitrogens is 1. The number of rotatable bonds is 2. The van der Waals surface area contributed by atoms with Crippen molar-refractivity contribution in [2.75, 3.05) is 6.61 Å². The zero-order valence-electron chi connectivity index (χ0n) is 10.5. The third kappa shape index (κ3) is 2.10. The van der Waals surface area contributed by atoms with Crippen molar-refractivity contribution in [3.05, 3.63) is 11.6 Å². The largest absolute Gasteiger partial charge is 0.367 e. The molecule has 1 aliphatic carbocycles. The van der Waals surface area contributed by atoms with Crippen molar-refractivity contribution in [3.63, 3.8) is 0 Å². The molecule has 1 atom stereocenters. The monoisotopic (exact) mass is 235 g/mol. The fourth-order valence-electron chi connectivity index (χ4n) is 3.02. The SMILES string of the molecule is CC1(c2n[nH]c(C3CCCCC3)n2)CCCO1. The predicted molar refractivity (Wildman–Crippen MR) is 64.7 cm³/mol. The summed E-state index contributed by atoms with van der Waals surface area (Å²) in [6, 6.07) is 0. The summed E-state index contributed by atoms with van der Waals surface area (Å²) in [5, 5.41) is 7.52. The highest BCUT2D eigenvalue weighted by Crippen LogP contribution is 2.35. The standard InChI is InChI=1S/C13H21N3O/c1-13(8-5-9-17-13)12-14-11(15-16-12)10-6-3-2-4-7-10/h10H,2-9H2,1H3,(H,14,15,16). The van der Waals surface area contributed by atoms with Crippen molar-refractivity contribution in [1.29, 1.82) is 0 Å². The first-order chi connectivity index (χ1) is 8.28. The molecule has 4 heteroatoms. The van der Waals surface area contributed by atoms with Crippen LogP contribution in [-0.2, 0) is 10.3 Å².